The third-order valence-corrected chi connectivity index (χ3v) is 7.51. The van der Waals surface area contributed by atoms with E-state index in [2.05, 4.69) is 5.32 Å². The van der Waals surface area contributed by atoms with Gasteiger partial charge in [-0.1, -0.05) is 37.0 Å². The van der Waals surface area contributed by atoms with Crippen LogP contribution >= 0.6 is 0 Å². The van der Waals surface area contributed by atoms with Gasteiger partial charge in [-0.3, -0.25) is 14.5 Å². The number of carbonyl (C=O) groups is 2. The van der Waals surface area contributed by atoms with E-state index in [0.717, 1.165) is 37.7 Å². The summed E-state index contributed by atoms with van der Waals surface area (Å²) >= 11 is 0. The summed E-state index contributed by atoms with van der Waals surface area (Å²) in [4.78, 5) is 30.3. The van der Waals surface area contributed by atoms with E-state index >= 15 is 0 Å². The van der Waals surface area contributed by atoms with Crippen LogP contribution in [0.1, 0.15) is 59.6 Å². The quantitative estimate of drug-likeness (QED) is 0.396. The molecule has 2 amide bonds. The van der Waals surface area contributed by atoms with Gasteiger partial charge in [-0.05, 0) is 68.3 Å². The number of benzene rings is 3. The summed E-state index contributed by atoms with van der Waals surface area (Å²) in [5.74, 6) is 1.51. The Bertz CT molecular complexity index is 1350. The van der Waals surface area contributed by atoms with Crippen LogP contribution in [0.15, 0.2) is 60.7 Å². The van der Waals surface area contributed by atoms with Gasteiger partial charge in [0.25, 0.3) is 5.91 Å². The van der Waals surface area contributed by atoms with Crippen molar-refractivity contribution in [3.05, 3.63) is 77.4 Å². The van der Waals surface area contributed by atoms with Crippen LogP contribution < -0.4 is 29.2 Å². The summed E-state index contributed by atoms with van der Waals surface area (Å²) in [6.07, 6.45) is 5.12. The average molecular weight is 545 g/mol. The van der Waals surface area contributed by atoms with Crippen LogP contribution in [-0.4, -0.2) is 45.3 Å². The van der Waals surface area contributed by atoms with Crippen molar-refractivity contribution in [2.45, 2.75) is 51.1 Å². The highest BCUT2D eigenvalue weighted by atomic mass is 16.6. The Kier molecular flexibility index (Phi) is 8.43. The molecule has 1 saturated carbocycles. The fraction of sp³-hybridized carbons (Fsp3) is 0.375. The topological polar surface area (TPSA) is 86.3 Å². The Morgan fingerprint density at radius 2 is 1.60 bits per heavy atom. The molecule has 2 aliphatic rings. The second-order valence-corrected chi connectivity index (χ2v) is 10.2. The summed E-state index contributed by atoms with van der Waals surface area (Å²) in [6.45, 7) is 2.84. The highest BCUT2D eigenvalue weighted by Crippen LogP contribution is 2.38. The molecule has 3 aromatic carbocycles. The van der Waals surface area contributed by atoms with Crippen LogP contribution in [0, 0.1) is 6.92 Å². The number of aryl methyl sites for hydroxylation is 1. The molecule has 8 heteroatoms. The van der Waals surface area contributed by atoms with Crippen molar-refractivity contribution in [1.29, 1.82) is 0 Å². The average Bonchev–Trinajstić information content (AvgIpc) is 3.00. The lowest BCUT2D eigenvalue weighted by Gasteiger charge is -2.34. The first kappa shape index (κ1) is 27.4. The van der Waals surface area contributed by atoms with E-state index in [0.29, 0.717) is 53.0 Å². The maximum Gasteiger partial charge on any atom is 0.259 e. The number of ether oxygens (including phenoxy) is 4. The van der Waals surface area contributed by atoms with Crippen molar-refractivity contribution < 1.29 is 28.5 Å². The van der Waals surface area contributed by atoms with Gasteiger partial charge in [0, 0.05) is 22.9 Å². The second-order valence-electron chi connectivity index (χ2n) is 10.2. The lowest BCUT2D eigenvalue weighted by atomic mass is 9.94. The number of methoxy groups -OCH3 is 2. The van der Waals surface area contributed by atoms with Gasteiger partial charge in [-0.25, -0.2) is 0 Å². The second kappa shape index (κ2) is 12.3. The van der Waals surface area contributed by atoms with E-state index in [1.165, 1.54) is 0 Å². The first-order valence-corrected chi connectivity index (χ1v) is 13.8. The zero-order valence-corrected chi connectivity index (χ0v) is 23.3. The summed E-state index contributed by atoms with van der Waals surface area (Å²) in [6, 6.07) is 17.0. The predicted molar refractivity (Wildman–Crippen MR) is 153 cm³/mol. The SMILES string of the molecule is COc1ccc(OC)c(C(C(=O)NC2CCCCC2)N(C(=O)c2ccc3c(c2)OCCO3)c2ccc(C)cc2)c1. The third kappa shape index (κ3) is 5.86. The van der Waals surface area contributed by atoms with Crippen molar-refractivity contribution in [2.75, 3.05) is 32.3 Å². The normalized spacial score (nSPS) is 15.6. The Morgan fingerprint density at radius 3 is 2.30 bits per heavy atom. The van der Waals surface area contributed by atoms with E-state index < -0.39 is 6.04 Å². The van der Waals surface area contributed by atoms with Gasteiger partial charge in [0.2, 0.25) is 5.91 Å². The van der Waals surface area contributed by atoms with Crippen molar-refractivity contribution in [3.8, 4) is 23.0 Å². The molecule has 5 rings (SSSR count). The van der Waals surface area contributed by atoms with Crippen molar-refractivity contribution in [3.63, 3.8) is 0 Å². The van der Waals surface area contributed by atoms with Crippen molar-refractivity contribution >= 4 is 17.5 Å². The van der Waals surface area contributed by atoms with Crippen molar-refractivity contribution in [1.82, 2.24) is 5.32 Å². The van der Waals surface area contributed by atoms with Gasteiger partial charge in [0.05, 0.1) is 14.2 Å². The summed E-state index contributed by atoms with van der Waals surface area (Å²) in [5, 5.41) is 3.25. The molecule has 1 fully saturated rings. The van der Waals surface area contributed by atoms with Gasteiger partial charge in [-0.15, -0.1) is 0 Å². The zero-order chi connectivity index (χ0) is 28.1. The number of hydrogen-bond donors (Lipinski definition) is 1. The molecule has 0 spiro atoms. The van der Waals surface area contributed by atoms with Crippen LogP contribution in [0.4, 0.5) is 5.69 Å². The number of rotatable bonds is 8. The van der Waals surface area contributed by atoms with Crippen LogP contribution in [0.25, 0.3) is 0 Å². The third-order valence-electron chi connectivity index (χ3n) is 7.51. The molecule has 1 unspecified atom stereocenters. The predicted octanol–water partition coefficient (Wildman–Crippen LogP) is 5.62. The van der Waals surface area contributed by atoms with E-state index in [1.807, 2.05) is 31.2 Å². The van der Waals surface area contributed by atoms with Gasteiger partial charge >= 0.3 is 0 Å². The fourth-order valence-electron chi connectivity index (χ4n) is 5.38. The zero-order valence-electron chi connectivity index (χ0n) is 23.3. The lowest BCUT2D eigenvalue weighted by Crippen LogP contribution is -2.47. The standard InChI is InChI=1S/C32H36N2O6/c1-21-9-12-24(13-10-21)34(32(36)22-11-15-28-29(19-22)40-18-17-39-28)30(31(35)33-23-7-5-4-6-8-23)26-20-25(37-2)14-16-27(26)38-3/h9-16,19-20,23,30H,4-8,17-18H2,1-3H3,(H,33,35). The Labute approximate surface area is 235 Å². The molecular formula is C32H36N2O6. The molecule has 1 heterocycles. The largest absolute Gasteiger partial charge is 0.497 e. The van der Waals surface area contributed by atoms with Crippen molar-refractivity contribution in [2.24, 2.45) is 0 Å². The molecule has 0 saturated heterocycles. The van der Waals surface area contributed by atoms with E-state index in [-0.39, 0.29) is 17.9 Å². The number of nitrogens with one attached hydrogen (secondary N) is 1. The van der Waals surface area contributed by atoms with Gasteiger partial charge in [-0.2, -0.15) is 0 Å². The van der Waals surface area contributed by atoms with Gasteiger partial charge in [0.15, 0.2) is 11.5 Å². The minimum absolute atomic E-state index is 0.0459. The molecular weight excluding hydrogens is 508 g/mol. The Hall–Kier alpha value is -4.20. The van der Waals surface area contributed by atoms with Crippen LogP contribution in [0.2, 0.25) is 0 Å². The first-order chi connectivity index (χ1) is 19.5. The number of anilines is 1. The molecule has 8 nitrogen and oxygen atoms in total. The number of hydrogen-bond acceptors (Lipinski definition) is 6. The number of amides is 2. The minimum Gasteiger partial charge on any atom is -0.497 e. The highest BCUT2D eigenvalue weighted by molar-refractivity contribution is 6.10. The van der Waals surface area contributed by atoms with E-state index in [1.54, 1.807) is 55.5 Å². The molecule has 1 N–H and O–H groups in total. The van der Waals surface area contributed by atoms with Crippen LogP contribution in [-0.2, 0) is 4.79 Å². The highest BCUT2D eigenvalue weighted by Gasteiger charge is 2.37. The van der Waals surface area contributed by atoms with Gasteiger partial charge in [0.1, 0.15) is 30.8 Å². The molecule has 3 aromatic rings. The molecule has 1 atom stereocenters. The smallest absolute Gasteiger partial charge is 0.259 e. The fourth-order valence-corrected chi connectivity index (χ4v) is 5.38. The number of carbonyl (C=O) groups excluding carboxylic acids is 2. The number of nitrogens with zero attached hydrogens (tertiary/aromatic N) is 1. The summed E-state index contributed by atoms with van der Waals surface area (Å²) in [5.41, 5.74) is 2.53. The molecule has 0 bridgehead atoms. The molecule has 0 aromatic heterocycles. The van der Waals surface area contributed by atoms with E-state index in [4.69, 9.17) is 18.9 Å². The summed E-state index contributed by atoms with van der Waals surface area (Å²) in [7, 11) is 3.13. The monoisotopic (exact) mass is 544 g/mol. The Morgan fingerprint density at radius 1 is 0.875 bits per heavy atom. The lowest BCUT2D eigenvalue weighted by molar-refractivity contribution is -0.123. The Balaban J connectivity index is 1.65. The molecule has 1 aliphatic carbocycles. The first-order valence-electron chi connectivity index (χ1n) is 13.8. The van der Waals surface area contributed by atoms with Gasteiger partial charge < -0.3 is 24.3 Å². The molecule has 210 valence electrons. The van der Waals surface area contributed by atoms with E-state index in [9.17, 15) is 9.59 Å². The van der Waals surface area contributed by atoms with Crippen LogP contribution in [0.3, 0.4) is 0 Å². The molecule has 40 heavy (non-hydrogen) atoms. The number of fused-ring (bicyclic) bond motifs is 1. The molecule has 0 radical (unpaired) electrons. The minimum atomic E-state index is -1.03. The maximum absolute atomic E-state index is 14.5. The molecule has 1 aliphatic heterocycles. The van der Waals surface area contributed by atoms with Crippen LogP contribution in [0.5, 0.6) is 23.0 Å². The maximum atomic E-state index is 14.5. The summed E-state index contributed by atoms with van der Waals surface area (Å²) < 4.78 is 22.7.